The minimum absolute atomic E-state index is 0.328. The van der Waals surface area contributed by atoms with Crippen LogP contribution in [-0.4, -0.2) is 27.0 Å². The zero-order chi connectivity index (χ0) is 20.5. The normalized spacial score (nSPS) is 16.2. The molecule has 6 nitrogen and oxygen atoms in total. The number of benzene rings is 2. The van der Waals surface area contributed by atoms with E-state index in [0.29, 0.717) is 40.1 Å². The zero-order valence-corrected chi connectivity index (χ0v) is 16.4. The fraction of sp³-hybridized carbons (Fsp3) is 0.217. The summed E-state index contributed by atoms with van der Waals surface area (Å²) in [5.74, 6) is 1.83. The summed E-state index contributed by atoms with van der Waals surface area (Å²) in [5, 5.41) is 3.48. The topological polar surface area (TPSA) is 77.5 Å². The fourth-order valence-corrected chi connectivity index (χ4v) is 3.98. The Morgan fingerprint density at radius 3 is 2.80 bits per heavy atom. The summed E-state index contributed by atoms with van der Waals surface area (Å²) in [4.78, 5) is 8.98. The molecule has 1 aliphatic rings. The van der Waals surface area contributed by atoms with Gasteiger partial charge in [0.15, 0.2) is 0 Å². The van der Waals surface area contributed by atoms with Crippen molar-refractivity contribution in [2.45, 2.75) is 25.3 Å². The summed E-state index contributed by atoms with van der Waals surface area (Å²) < 4.78 is 22.8. The molecule has 1 atom stereocenters. The van der Waals surface area contributed by atoms with E-state index in [2.05, 4.69) is 10.3 Å². The van der Waals surface area contributed by atoms with Gasteiger partial charge in [0.2, 0.25) is 0 Å². The van der Waals surface area contributed by atoms with Crippen LogP contribution >= 0.6 is 0 Å². The number of fused-ring (bicyclic) bond motifs is 1. The molecule has 0 radical (unpaired) electrons. The molecule has 5 rings (SSSR count). The molecule has 1 fully saturated rings. The first-order valence-electron chi connectivity index (χ1n) is 10.1. The highest BCUT2D eigenvalue weighted by Gasteiger charge is 2.22. The van der Waals surface area contributed by atoms with E-state index < -0.39 is 5.82 Å². The van der Waals surface area contributed by atoms with Gasteiger partial charge in [-0.2, -0.15) is 0 Å². The molecule has 3 N–H and O–H groups in total. The number of halogens is 1. The lowest BCUT2D eigenvalue weighted by atomic mass is 10.1. The van der Waals surface area contributed by atoms with Crippen molar-refractivity contribution in [3.8, 4) is 22.8 Å². The number of rotatable bonds is 5. The molecule has 1 aliphatic heterocycles. The van der Waals surface area contributed by atoms with E-state index in [1.165, 1.54) is 6.07 Å². The van der Waals surface area contributed by atoms with E-state index in [4.69, 9.17) is 15.5 Å². The van der Waals surface area contributed by atoms with E-state index in [1.807, 2.05) is 40.9 Å². The first-order chi connectivity index (χ1) is 14.7. The summed E-state index contributed by atoms with van der Waals surface area (Å²) in [6, 6.07) is 14.4. The Morgan fingerprint density at radius 1 is 1.17 bits per heavy atom. The molecular formula is C23H22FN5O. The Labute approximate surface area is 173 Å². The monoisotopic (exact) mass is 403 g/mol. The highest BCUT2D eigenvalue weighted by molar-refractivity contribution is 5.85. The van der Waals surface area contributed by atoms with E-state index in [0.717, 1.165) is 31.6 Å². The number of nitrogens with one attached hydrogen (secondary N) is 1. The molecule has 2 aromatic carbocycles. The first-order valence-corrected chi connectivity index (χ1v) is 10.1. The number of nitrogen functional groups attached to an aromatic ring is 1. The molecule has 0 bridgehead atoms. The number of nitrogens with two attached hydrogens (primary N) is 1. The zero-order valence-electron chi connectivity index (χ0n) is 16.4. The lowest BCUT2D eigenvalue weighted by Gasteiger charge is -2.08. The second-order valence-corrected chi connectivity index (χ2v) is 7.46. The molecule has 0 unspecified atom stereocenters. The summed E-state index contributed by atoms with van der Waals surface area (Å²) in [6.07, 6.45) is 6.48. The summed E-state index contributed by atoms with van der Waals surface area (Å²) >= 11 is 0. The molecule has 30 heavy (non-hydrogen) atoms. The number of para-hydroxylation sites is 1. The average molecular weight is 403 g/mol. The van der Waals surface area contributed by atoms with Crippen LogP contribution in [0.3, 0.4) is 0 Å². The molecule has 0 amide bonds. The molecule has 0 saturated carbocycles. The Hall–Kier alpha value is -3.45. The van der Waals surface area contributed by atoms with Crippen LogP contribution in [0.4, 0.5) is 10.2 Å². The van der Waals surface area contributed by atoms with Crippen molar-refractivity contribution >= 4 is 11.3 Å². The quantitative estimate of drug-likeness (QED) is 0.522. The predicted octanol–water partition coefficient (Wildman–Crippen LogP) is 4.20. The fourth-order valence-electron chi connectivity index (χ4n) is 3.98. The molecule has 1 saturated heterocycles. The Bertz CT molecular complexity index is 1190. The summed E-state index contributed by atoms with van der Waals surface area (Å²) in [7, 11) is 0. The SMILES string of the molecule is Nc1nccn2c(C[C@@H]3CCCN3)nc(-c3ccc(Oc4ccccc4)cc3F)c12. The molecule has 3 heterocycles. The molecule has 0 aliphatic carbocycles. The van der Waals surface area contributed by atoms with Crippen molar-refractivity contribution < 1.29 is 9.13 Å². The number of nitrogens with zero attached hydrogens (tertiary/aromatic N) is 3. The van der Waals surface area contributed by atoms with Crippen molar-refractivity contribution in [3.63, 3.8) is 0 Å². The van der Waals surface area contributed by atoms with Crippen LogP contribution in [0.2, 0.25) is 0 Å². The number of imidazole rings is 1. The summed E-state index contributed by atoms with van der Waals surface area (Å²) in [5.41, 5.74) is 7.66. The van der Waals surface area contributed by atoms with Gasteiger partial charge < -0.3 is 15.8 Å². The maximum absolute atomic E-state index is 15.1. The second-order valence-electron chi connectivity index (χ2n) is 7.46. The van der Waals surface area contributed by atoms with Gasteiger partial charge in [-0.1, -0.05) is 18.2 Å². The number of ether oxygens (including phenoxy) is 1. The Kier molecular flexibility index (Phi) is 4.80. The molecule has 152 valence electrons. The van der Waals surface area contributed by atoms with Gasteiger partial charge in [0.1, 0.15) is 40.2 Å². The van der Waals surface area contributed by atoms with E-state index >= 15 is 4.39 Å². The number of hydrogen-bond donors (Lipinski definition) is 2. The Morgan fingerprint density at radius 2 is 2.03 bits per heavy atom. The van der Waals surface area contributed by atoms with Gasteiger partial charge in [-0.25, -0.2) is 14.4 Å². The third-order valence-electron chi connectivity index (χ3n) is 5.42. The molecule has 2 aromatic heterocycles. The van der Waals surface area contributed by atoms with Gasteiger partial charge >= 0.3 is 0 Å². The molecule has 7 heteroatoms. The lowest BCUT2D eigenvalue weighted by Crippen LogP contribution is -2.24. The number of hydrogen-bond acceptors (Lipinski definition) is 5. The van der Waals surface area contributed by atoms with Crippen molar-refractivity contribution in [2.24, 2.45) is 0 Å². The van der Waals surface area contributed by atoms with Crippen molar-refractivity contribution in [2.75, 3.05) is 12.3 Å². The van der Waals surface area contributed by atoms with Crippen LogP contribution in [0, 0.1) is 5.82 Å². The standard InChI is InChI=1S/C23H22FN5O/c24-19-14-17(30-16-6-2-1-3-7-16)8-9-18(19)21-22-23(25)27-11-12-29(22)20(28-21)13-15-5-4-10-26-15/h1-3,6-9,11-12,14-15,26H,4-5,10,13H2,(H2,25,27)/t15-/m0/s1. The van der Waals surface area contributed by atoms with Gasteiger partial charge in [-0.05, 0) is 43.7 Å². The van der Waals surface area contributed by atoms with Gasteiger partial charge in [-0.15, -0.1) is 0 Å². The maximum atomic E-state index is 15.1. The maximum Gasteiger partial charge on any atom is 0.150 e. The van der Waals surface area contributed by atoms with Crippen molar-refractivity contribution in [1.82, 2.24) is 19.7 Å². The van der Waals surface area contributed by atoms with E-state index in [1.54, 1.807) is 18.3 Å². The van der Waals surface area contributed by atoms with Gasteiger partial charge in [-0.3, -0.25) is 4.40 Å². The van der Waals surface area contributed by atoms with Crippen molar-refractivity contribution in [1.29, 1.82) is 0 Å². The van der Waals surface area contributed by atoms with Crippen LogP contribution in [-0.2, 0) is 6.42 Å². The molecule has 0 spiro atoms. The minimum Gasteiger partial charge on any atom is -0.457 e. The van der Waals surface area contributed by atoms with Crippen LogP contribution in [0.1, 0.15) is 18.7 Å². The summed E-state index contributed by atoms with van der Waals surface area (Å²) in [6.45, 7) is 1.02. The first kappa shape index (κ1) is 18.6. The lowest BCUT2D eigenvalue weighted by molar-refractivity contribution is 0.477. The number of anilines is 1. The van der Waals surface area contributed by atoms with E-state index in [-0.39, 0.29) is 0 Å². The van der Waals surface area contributed by atoms with Gasteiger partial charge in [0, 0.05) is 36.5 Å². The van der Waals surface area contributed by atoms with Crippen molar-refractivity contribution in [3.05, 3.63) is 72.6 Å². The van der Waals surface area contributed by atoms with E-state index in [9.17, 15) is 0 Å². The van der Waals surface area contributed by atoms with Crippen LogP contribution in [0.15, 0.2) is 60.9 Å². The predicted molar refractivity (Wildman–Crippen MR) is 114 cm³/mol. The highest BCUT2D eigenvalue weighted by atomic mass is 19.1. The van der Waals surface area contributed by atoms with Crippen LogP contribution in [0.25, 0.3) is 16.8 Å². The highest BCUT2D eigenvalue weighted by Crippen LogP contribution is 2.33. The third-order valence-corrected chi connectivity index (χ3v) is 5.42. The molecule has 4 aromatic rings. The van der Waals surface area contributed by atoms with Gasteiger partial charge in [0.05, 0.1) is 0 Å². The van der Waals surface area contributed by atoms with Gasteiger partial charge in [0.25, 0.3) is 0 Å². The largest absolute Gasteiger partial charge is 0.457 e. The Balaban J connectivity index is 1.54. The minimum atomic E-state index is -0.419. The van der Waals surface area contributed by atoms with Crippen LogP contribution in [0.5, 0.6) is 11.5 Å². The van der Waals surface area contributed by atoms with Crippen LogP contribution < -0.4 is 15.8 Å². The molecular weight excluding hydrogens is 381 g/mol. The third kappa shape index (κ3) is 3.48. The number of aromatic nitrogens is 3. The smallest absolute Gasteiger partial charge is 0.150 e. The second kappa shape index (κ2) is 7.76. The average Bonchev–Trinajstić information content (AvgIpc) is 3.38.